The maximum Gasteiger partial charge on any atom is 0.415 e. The summed E-state index contributed by atoms with van der Waals surface area (Å²) in [6, 6.07) is 17.8. The van der Waals surface area contributed by atoms with Crippen LogP contribution in [0.3, 0.4) is 0 Å². The van der Waals surface area contributed by atoms with Crippen LogP contribution in [0.1, 0.15) is 24.5 Å². The van der Waals surface area contributed by atoms with Crippen LogP contribution in [-0.4, -0.2) is 18.7 Å². The van der Waals surface area contributed by atoms with E-state index in [0.29, 0.717) is 6.61 Å². The van der Waals surface area contributed by atoms with Crippen molar-refractivity contribution in [3.05, 3.63) is 71.8 Å². The summed E-state index contributed by atoms with van der Waals surface area (Å²) in [7, 11) is 0. The molecule has 25 heavy (non-hydrogen) atoms. The Kier molecular flexibility index (Phi) is 5.53. The molecule has 1 amide bonds. The highest BCUT2D eigenvalue weighted by atomic mass is 16.6. The molecule has 0 N–H and O–H groups in total. The van der Waals surface area contributed by atoms with Gasteiger partial charge in [0, 0.05) is 6.42 Å². The summed E-state index contributed by atoms with van der Waals surface area (Å²) in [6.45, 7) is 2.15. The molecule has 0 aromatic heterocycles. The van der Waals surface area contributed by atoms with Crippen LogP contribution >= 0.6 is 0 Å². The van der Waals surface area contributed by atoms with Crippen LogP contribution in [0.4, 0.5) is 10.5 Å². The number of benzene rings is 2. The topological polar surface area (TPSA) is 29.5 Å². The lowest BCUT2D eigenvalue weighted by molar-refractivity contribution is 0.159. The number of aryl methyl sites for hydroxylation is 1. The number of para-hydroxylation sites is 1. The minimum atomic E-state index is -0.360. The fourth-order valence-electron chi connectivity index (χ4n) is 2.82. The molecule has 0 saturated heterocycles. The van der Waals surface area contributed by atoms with Gasteiger partial charge in [0.05, 0.1) is 12.3 Å². The van der Waals surface area contributed by atoms with E-state index in [2.05, 4.69) is 24.0 Å². The maximum atomic E-state index is 12.4. The van der Waals surface area contributed by atoms with Crippen molar-refractivity contribution in [1.29, 1.82) is 0 Å². The normalized spacial score (nSPS) is 15.1. The van der Waals surface area contributed by atoms with Crippen LogP contribution in [0.15, 0.2) is 60.7 Å². The number of amides is 1. The lowest BCUT2D eigenvalue weighted by Gasteiger charge is -2.30. The molecule has 3 nitrogen and oxygen atoms in total. The van der Waals surface area contributed by atoms with Gasteiger partial charge in [0.1, 0.15) is 6.04 Å². The molecule has 1 aliphatic rings. The number of nitrogens with zero attached hydrogens (tertiary/aromatic N) is 1. The lowest BCUT2D eigenvalue weighted by atomic mass is 10.0. The van der Waals surface area contributed by atoms with Crippen molar-refractivity contribution in [2.75, 3.05) is 11.5 Å². The van der Waals surface area contributed by atoms with Gasteiger partial charge in [0.25, 0.3) is 0 Å². The van der Waals surface area contributed by atoms with Crippen LogP contribution in [-0.2, 0) is 11.2 Å². The minimum Gasteiger partial charge on any atom is -0.449 e. The predicted molar refractivity (Wildman–Crippen MR) is 101 cm³/mol. The number of carbonyl (C=O) groups excluding carboxylic acids is 1. The molecule has 0 fully saturated rings. The summed E-state index contributed by atoms with van der Waals surface area (Å²) in [6.07, 6.45) is 5.27. The fourth-order valence-corrected chi connectivity index (χ4v) is 2.82. The summed E-state index contributed by atoms with van der Waals surface area (Å²) < 4.78 is 5.23. The van der Waals surface area contributed by atoms with Gasteiger partial charge < -0.3 is 4.74 Å². The van der Waals surface area contributed by atoms with Crippen molar-refractivity contribution in [2.45, 2.75) is 25.8 Å². The second-order valence-electron chi connectivity index (χ2n) is 5.74. The van der Waals surface area contributed by atoms with Gasteiger partial charge in [-0.3, -0.25) is 4.90 Å². The minimum absolute atomic E-state index is 0.301. The smallest absolute Gasteiger partial charge is 0.415 e. The highest BCUT2D eigenvalue weighted by Gasteiger charge is 2.27. The molecule has 0 spiro atoms. The molecule has 2 aromatic rings. The molecule has 2 aromatic carbocycles. The third-order valence-electron chi connectivity index (χ3n) is 4.03. The molecule has 0 aliphatic carbocycles. The first-order valence-electron chi connectivity index (χ1n) is 8.55. The number of carbonyl (C=O) groups is 1. The van der Waals surface area contributed by atoms with Crippen LogP contribution in [0, 0.1) is 11.8 Å². The van der Waals surface area contributed by atoms with Crippen molar-refractivity contribution < 1.29 is 9.53 Å². The zero-order chi connectivity index (χ0) is 17.5. The van der Waals surface area contributed by atoms with E-state index in [1.807, 2.05) is 61.5 Å². The van der Waals surface area contributed by atoms with Gasteiger partial charge in [-0.05, 0) is 36.6 Å². The van der Waals surface area contributed by atoms with Gasteiger partial charge in [-0.15, -0.1) is 5.92 Å². The van der Waals surface area contributed by atoms with Crippen molar-refractivity contribution in [2.24, 2.45) is 0 Å². The van der Waals surface area contributed by atoms with Gasteiger partial charge in [-0.25, -0.2) is 4.79 Å². The van der Waals surface area contributed by atoms with Crippen LogP contribution in [0.2, 0.25) is 0 Å². The number of anilines is 1. The van der Waals surface area contributed by atoms with Crippen molar-refractivity contribution in [1.82, 2.24) is 0 Å². The van der Waals surface area contributed by atoms with Gasteiger partial charge in [-0.1, -0.05) is 60.5 Å². The number of fused-ring (bicyclic) bond motifs is 1. The van der Waals surface area contributed by atoms with Crippen molar-refractivity contribution >= 4 is 17.9 Å². The second kappa shape index (κ2) is 8.21. The molecule has 1 atom stereocenters. The number of rotatable bonds is 3. The van der Waals surface area contributed by atoms with Gasteiger partial charge in [0.2, 0.25) is 0 Å². The number of hydrogen-bond acceptors (Lipinski definition) is 2. The Hall–Kier alpha value is -2.99. The molecule has 3 heteroatoms. The number of hydrogen-bond donors (Lipinski definition) is 0. The standard InChI is InChI=1S/C22H21NO2/c1-2-25-22(24)23-20(17-16-19-13-7-9-15-21(19)23)14-8-6-12-18-10-4-3-5-11-18/h3-5,7,9-11,13,15-17,20H,2,6,12H2,1H3/t20-/m1/s1. The Bertz CT molecular complexity index is 815. The zero-order valence-electron chi connectivity index (χ0n) is 14.3. The third-order valence-corrected chi connectivity index (χ3v) is 4.03. The lowest BCUT2D eigenvalue weighted by Crippen LogP contribution is -2.41. The number of ether oxygens (including phenoxy) is 1. The molecule has 0 bridgehead atoms. The van der Waals surface area contributed by atoms with E-state index in [0.717, 1.165) is 24.1 Å². The molecule has 126 valence electrons. The molecule has 3 rings (SSSR count). The van der Waals surface area contributed by atoms with E-state index in [-0.39, 0.29) is 12.1 Å². The molecule has 0 radical (unpaired) electrons. The SMILES string of the molecule is CCOC(=O)N1c2ccccc2C=C[C@H]1C#CCCc1ccccc1. The maximum absolute atomic E-state index is 12.4. The highest BCUT2D eigenvalue weighted by molar-refractivity contribution is 5.94. The quantitative estimate of drug-likeness (QED) is 0.764. The summed E-state index contributed by atoms with van der Waals surface area (Å²) in [5.74, 6) is 6.42. The van der Waals surface area contributed by atoms with E-state index >= 15 is 0 Å². The third kappa shape index (κ3) is 4.10. The first-order chi connectivity index (χ1) is 12.3. The molecule has 1 aliphatic heterocycles. The largest absolute Gasteiger partial charge is 0.449 e. The zero-order valence-corrected chi connectivity index (χ0v) is 14.3. The average molecular weight is 331 g/mol. The predicted octanol–water partition coefficient (Wildman–Crippen LogP) is 4.68. The van der Waals surface area contributed by atoms with Crippen LogP contribution < -0.4 is 4.90 Å². The van der Waals surface area contributed by atoms with Crippen LogP contribution in [0.25, 0.3) is 6.08 Å². The van der Waals surface area contributed by atoms with Crippen molar-refractivity contribution in [3.8, 4) is 11.8 Å². The molecular weight excluding hydrogens is 310 g/mol. The first-order valence-corrected chi connectivity index (χ1v) is 8.55. The summed E-state index contributed by atoms with van der Waals surface area (Å²) in [5.41, 5.74) is 3.10. The second-order valence-corrected chi connectivity index (χ2v) is 5.74. The first kappa shape index (κ1) is 16.9. The van der Waals surface area contributed by atoms with E-state index in [1.54, 1.807) is 4.90 Å². The Morgan fingerprint density at radius 1 is 1.12 bits per heavy atom. The van der Waals surface area contributed by atoms with E-state index in [9.17, 15) is 4.79 Å². The molecule has 0 unspecified atom stereocenters. The van der Waals surface area contributed by atoms with Gasteiger partial charge in [-0.2, -0.15) is 0 Å². The fraction of sp³-hybridized carbons (Fsp3) is 0.227. The molecule has 1 heterocycles. The van der Waals surface area contributed by atoms with Crippen molar-refractivity contribution in [3.63, 3.8) is 0 Å². The molecular formula is C22H21NO2. The van der Waals surface area contributed by atoms with E-state index in [4.69, 9.17) is 4.74 Å². The summed E-state index contributed by atoms with van der Waals surface area (Å²) in [4.78, 5) is 14.1. The summed E-state index contributed by atoms with van der Waals surface area (Å²) in [5, 5.41) is 0. The Morgan fingerprint density at radius 2 is 1.88 bits per heavy atom. The monoisotopic (exact) mass is 331 g/mol. The summed E-state index contributed by atoms with van der Waals surface area (Å²) >= 11 is 0. The Morgan fingerprint density at radius 3 is 2.68 bits per heavy atom. The van der Waals surface area contributed by atoms with E-state index < -0.39 is 0 Å². The molecule has 0 saturated carbocycles. The van der Waals surface area contributed by atoms with Crippen LogP contribution in [0.5, 0.6) is 0 Å². The highest BCUT2D eigenvalue weighted by Crippen LogP contribution is 2.29. The average Bonchev–Trinajstić information content (AvgIpc) is 2.66. The van der Waals surface area contributed by atoms with Gasteiger partial charge >= 0.3 is 6.09 Å². The Balaban J connectivity index is 1.76. The van der Waals surface area contributed by atoms with Gasteiger partial charge in [0.15, 0.2) is 0 Å². The van der Waals surface area contributed by atoms with E-state index in [1.165, 1.54) is 5.56 Å². The Labute approximate surface area is 148 Å².